The van der Waals surface area contributed by atoms with E-state index < -0.39 is 0 Å². The zero-order chi connectivity index (χ0) is 11.2. The molecule has 5 heteroatoms. The number of benzene rings is 1. The average Bonchev–Trinajstić information content (AvgIpc) is 2.76. The van der Waals surface area contributed by atoms with E-state index in [0.717, 1.165) is 11.4 Å². The fourth-order valence-corrected chi connectivity index (χ4v) is 1.38. The number of hydrogen-bond donors (Lipinski definition) is 2. The molecule has 2 N–H and O–H groups in total. The summed E-state index contributed by atoms with van der Waals surface area (Å²) in [6.07, 6.45) is 1.83. The highest BCUT2D eigenvalue weighted by atomic mass is 16.3. The van der Waals surface area contributed by atoms with Crippen LogP contribution in [0.25, 0.3) is 0 Å². The Morgan fingerprint density at radius 3 is 2.81 bits per heavy atom. The van der Waals surface area contributed by atoms with Crippen LogP contribution in [0, 0.1) is 0 Å². The SMILES string of the molecule is OCCn1cc(CNc2ccccc2)nn1. The summed E-state index contributed by atoms with van der Waals surface area (Å²) in [5, 5.41) is 19.8. The second-order valence-corrected chi connectivity index (χ2v) is 3.42. The molecule has 0 bridgehead atoms. The van der Waals surface area contributed by atoms with Gasteiger partial charge in [0.05, 0.1) is 25.9 Å². The van der Waals surface area contributed by atoms with Gasteiger partial charge in [-0.25, -0.2) is 4.68 Å². The largest absolute Gasteiger partial charge is 0.394 e. The number of para-hydroxylation sites is 1. The van der Waals surface area contributed by atoms with Crippen molar-refractivity contribution in [3.05, 3.63) is 42.2 Å². The van der Waals surface area contributed by atoms with Crippen LogP contribution in [-0.4, -0.2) is 26.7 Å². The van der Waals surface area contributed by atoms with E-state index in [4.69, 9.17) is 5.11 Å². The minimum Gasteiger partial charge on any atom is -0.394 e. The monoisotopic (exact) mass is 218 g/mol. The number of aliphatic hydroxyl groups is 1. The van der Waals surface area contributed by atoms with Crippen molar-refractivity contribution in [3.8, 4) is 0 Å². The van der Waals surface area contributed by atoms with E-state index in [9.17, 15) is 0 Å². The molecule has 0 aliphatic rings. The number of nitrogens with zero attached hydrogens (tertiary/aromatic N) is 3. The normalized spacial score (nSPS) is 10.3. The summed E-state index contributed by atoms with van der Waals surface area (Å²) in [6, 6.07) is 9.93. The predicted octanol–water partition coefficient (Wildman–Crippen LogP) is 0.882. The molecule has 0 saturated heterocycles. The van der Waals surface area contributed by atoms with Crippen molar-refractivity contribution < 1.29 is 5.11 Å². The van der Waals surface area contributed by atoms with E-state index in [-0.39, 0.29) is 6.61 Å². The molecule has 1 aromatic carbocycles. The van der Waals surface area contributed by atoms with Crippen LogP contribution in [0.4, 0.5) is 5.69 Å². The first-order valence-corrected chi connectivity index (χ1v) is 5.17. The van der Waals surface area contributed by atoms with Crippen LogP contribution < -0.4 is 5.32 Å². The number of nitrogens with one attached hydrogen (secondary N) is 1. The van der Waals surface area contributed by atoms with Crippen molar-refractivity contribution in [2.24, 2.45) is 0 Å². The summed E-state index contributed by atoms with van der Waals surface area (Å²) >= 11 is 0. The standard InChI is InChI=1S/C11H14N4O/c16-7-6-15-9-11(13-14-15)8-12-10-4-2-1-3-5-10/h1-5,9,12,16H,6-8H2. The molecule has 2 aromatic rings. The van der Waals surface area contributed by atoms with Gasteiger partial charge in [-0.1, -0.05) is 23.4 Å². The Morgan fingerprint density at radius 1 is 1.25 bits per heavy atom. The molecule has 5 nitrogen and oxygen atoms in total. The van der Waals surface area contributed by atoms with Gasteiger partial charge in [0, 0.05) is 5.69 Å². The van der Waals surface area contributed by atoms with Crippen LogP contribution in [0.3, 0.4) is 0 Å². The third-order valence-electron chi connectivity index (χ3n) is 2.16. The summed E-state index contributed by atoms with van der Waals surface area (Å²) in [4.78, 5) is 0. The molecule has 0 fully saturated rings. The van der Waals surface area contributed by atoms with Gasteiger partial charge < -0.3 is 10.4 Å². The van der Waals surface area contributed by atoms with E-state index in [0.29, 0.717) is 13.1 Å². The molecule has 0 spiro atoms. The zero-order valence-corrected chi connectivity index (χ0v) is 8.87. The van der Waals surface area contributed by atoms with Gasteiger partial charge in [-0.3, -0.25) is 0 Å². The molecule has 1 heterocycles. The van der Waals surface area contributed by atoms with E-state index in [1.165, 1.54) is 0 Å². The molecular formula is C11H14N4O. The van der Waals surface area contributed by atoms with Crippen molar-refractivity contribution in [1.82, 2.24) is 15.0 Å². The second kappa shape index (κ2) is 5.27. The third-order valence-corrected chi connectivity index (χ3v) is 2.16. The molecule has 0 amide bonds. The Bertz CT molecular complexity index is 427. The maximum atomic E-state index is 8.73. The number of aliphatic hydroxyl groups excluding tert-OH is 1. The third kappa shape index (κ3) is 2.80. The summed E-state index contributed by atoms with van der Waals surface area (Å²) in [5.41, 5.74) is 1.91. The highest BCUT2D eigenvalue weighted by Gasteiger charge is 1.99. The van der Waals surface area contributed by atoms with Crippen molar-refractivity contribution in [3.63, 3.8) is 0 Å². The van der Waals surface area contributed by atoms with Gasteiger partial charge in [0.1, 0.15) is 5.69 Å². The summed E-state index contributed by atoms with van der Waals surface area (Å²) in [6.45, 7) is 1.20. The second-order valence-electron chi connectivity index (χ2n) is 3.42. The molecule has 0 aliphatic heterocycles. The van der Waals surface area contributed by atoms with Crippen molar-refractivity contribution in [2.45, 2.75) is 13.1 Å². The van der Waals surface area contributed by atoms with Gasteiger partial charge in [-0.15, -0.1) is 5.10 Å². The topological polar surface area (TPSA) is 63.0 Å². The number of aromatic nitrogens is 3. The lowest BCUT2D eigenvalue weighted by Gasteiger charge is -2.02. The fourth-order valence-electron chi connectivity index (χ4n) is 1.38. The fraction of sp³-hybridized carbons (Fsp3) is 0.273. The molecule has 0 atom stereocenters. The van der Waals surface area contributed by atoms with Gasteiger partial charge in [0.2, 0.25) is 0 Å². The lowest BCUT2D eigenvalue weighted by molar-refractivity contribution is 0.268. The lowest BCUT2D eigenvalue weighted by atomic mass is 10.3. The molecular weight excluding hydrogens is 204 g/mol. The van der Waals surface area contributed by atoms with E-state index in [2.05, 4.69) is 15.6 Å². The first-order chi connectivity index (χ1) is 7.88. The quantitative estimate of drug-likeness (QED) is 0.782. The maximum Gasteiger partial charge on any atom is 0.102 e. The Kier molecular flexibility index (Phi) is 3.50. The summed E-state index contributed by atoms with van der Waals surface area (Å²) < 4.78 is 1.63. The van der Waals surface area contributed by atoms with Gasteiger partial charge in [-0.05, 0) is 12.1 Å². The summed E-state index contributed by atoms with van der Waals surface area (Å²) in [5.74, 6) is 0. The maximum absolute atomic E-state index is 8.73. The molecule has 0 radical (unpaired) electrons. The Labute approximate surface area is 93.7 Å². The number of rotatable bonds is 5. The van der Waals surface area contributed by atoms with Crippen LogP contribution in [-0.2, 0) is 13.1 Å². The first kappa shape index (κ1) is 10.6. The van der Waals surface area contributed by atoms with Crippen molar-refractivity contribution in [2.75, 3.05) is 11.9 Å². The minimum absolute atomic E-state index is 0.0783. The Hall–Kier alpha value is -1.88. The lowest BCUT2D eigenvalue weighted by Crippen LogP contribution is -2.02. The highest BCUT2D eigenvalue weighted by Crippen LogP contribution is 2.06. The molecule has 16 heavy (non-hydrogen) atoms. The van der Waals surface area contributed by atoms with Crippen LogP contribution >= 0.6 is 0 Å². The number of anilines is 1. The Balaban J connectivity index is 1.89. The first-order valence-electron chi connectivity index (χ1n) is 5.17. The van der Waals surface area contributed by atoms with Crippen molar-refractivity contribution >= 4 is 5.69 Å². The van der Waals surface area contributed by atoms with Crippen molar-refractivity contribution in [1.29, 1.82) is 0 Å². The Morgan fingerprint density at radius 2 is 2.06 bits per heavy atom. The van der Waals surface area contributed by atoms with Crippen LogP contribution in [0.5, 0.6) is 0 Å². The summed E-state index contributed by atoms with van der Waals surface area (Å²) in [7, 11) is 0. The van der Waals surface area contributed by atoms with Gasteiger partial charge >= 0.3 is 0 Å². The van der Waals surface area contributed by atoms with Gasteiger partial charge in [-0.2, -0.15) is 0 Å². The van der Waals surface area contributed by atoms with Gasteiger partial charge in [0.15, 0.2) is 0 Å². The van der Waals surface area contributed by atoms with Gasteiger partial charge in [0.25, 0.3) is 0 Å². The molecule has 2 rings (SSSR count). The van der Waals surface area contributed by atoms with Crippen LogP contribution in [0.1, 0.15) is 5.69 Å². The number of hydrogen-bond acceptors (Lipinski definition) is 4. The molecule has 0 saturated carbocycles. The van der Waals surface area contributed by atoms with E-state index in [1.54, 1.807) is 4.68 Å². The molecule has 0 aliphatic carbocycles. The van der Waals surface area contributed by atoms with Crippen LogP contribution in [0.15, 0.2) is 36.5 Å². The average molecular weight is 218 g/mol. The predicted molar refractivity (Wildman–Crippen MR) is 60.9 cm³/mol. The van der Waals surface area contributed by atoms with Crippen LogP contribution in [0.2, 0.25) is 0 Å². The highest BCUT2D eigenvalue weighted by molar-refractivity contribution is 5.42. The van der Waals surface area contributed by atoms with E-state index >= 15 is 0 Å². The minimum atomic E-state index is 0.0783. The van der Waals surface area contributed by atoms with E-state index in [1.807, 2.05) is 36.5 Å². The molecule has 1 aromatic heterocycles. The molecule has 0 unspecified atom stereocenters. The smallest absolute Gasteiger partial charge is 0.102 e. The zero-order valence-electron chi connectivity index (χ0n) is 8.87. The molecule has 84 valence electrons.